The summed E-state index contributed by atoms with van der Waals surface area (Å²) in [5.41, 5.74) is 0. The summed E-state index contributed by atoms with van der Waals surface area (Å²) < 4.78 is 13.9. The molecule has 3 nitrogen and oxygen atoms in total. The average Bonchev–Trinajstić information content (AvgIpc) is 2.36. The fourth-order valence-electron chi connectivity index (χ4n) is 0.614. The van der Waals surface area contributed by atoms with E-state index in [4.69, 9.17) is 0 Å². The highest BCUT2D eigenvalue weighted by Crippen LogP contribution is 2.17. The third-order valence-electron chi connectivity index (χ3n) is 1.05. The van der Waals surface area contributed by atoms with Gasteiger partial charge < -0.3 is 0 Å². The molecule has 0 saturated carbocycles. The number of carbonyl (C=O) groups is 1. The van der Waals surface area contributed by atoms with Crippen LogP contribution in [0.1, 0.15) is 4.88 Å². The minimum atomic E-state index is -1.36. The van der Waals surface area contributed by atoms with Gasteiger partial charge in [-0.15, -0.1) is 11.3 Å². The third kappa shape index (κ3) is 2.13. The van der Waals surface area contributed by atoms with Crippen LogP contribution in [0.15, 0.2) is 16.3 Å². The van der Waals surface area contributed by atoms with Crippen molar-refractivity contribution in [2.75, 3.05) is 0 Å². The number of thiophene rings is 1. The Morgan fingerprint density at radius 3 is 2.82 bits per heavy atom. The molecule has 0 aromatic carbocycles. The highest BCUT2D eigenvalue weighted by molar-refractivity contribution is 7.85. The summed E-state index contributed by atoms with van der Waals surface area (Å²) >= 11 is 1.41. The Morgan fingerprint density at radius 2 is 2.36 bits per heavy atom. The Kier molecular flexibility index (Phi) is 2.78. The Morgan fingerprint density at radius 1 is 1.64 bits per heavy atom. The molecule has 0 aliphatic carbocycles. The molecule has 1 heterocycles. The number of amides is 1. The maximum atomic E-state index is 11.0. The Balaban J connectivity index is 2.76. The molecule has 0 fully saturated rings. The standard InChI is InChI=1S/C6H7NO2S2/c1-5-2-3-6(10-5)11(9)7-4-8/h2-4H,1H3,(H,7,8). The maximum absolute atomic E-state index is 11.0. The monoisotopic (exact) mass is 189 g/mol. The minimum absolute atomic E-state index is 0.436. The molecule has 5 heteroatoms. The molecule has 0 bridgehead atoms. The van der Waals surface area contributed by atoms with E-state index < -0.39 is 11.0 Å². The predicted molar refractivity (Wildman–Crippen MR) is 44.7 cm³/mol. The maximum Gasteiger partial charge on any atom is 0.219 e. The number of aryl methyl sites for hydroxylation is 1. The van der Waals surface area contributed by atoms with Crippen LogP contribution in [0.25, 0.3) is 0 Å². The number of rotatable bonds is 3. The van der Waals surface area contributed by atoms with Crippen LogP contribution in [0.4, 0.5) is 0 Å². The van der Waals surface area contributed by atoms with Crippen molar-refractivity contribution in [3.63, 3.8) is 0 Å². The van der Waals surface area contributed by atoms with E-state index in [1.165, 1.54) is 11.3 Å². The van der Waals surface area contributed by atoms with Crippen LogP contribution in [0, 0.1) is 6.92 Å². The average molecular weight is 189 g/mol. The largest absolute Gasteiger partial charge is 0.278 e. The Hall–Kier alpha value is -0.680. The topological polar surface area (TPSA) is 46.2 Å². The smallest absolute Gasteiger partial charge is 0.219 e. The van der Waals surface area contributed by atoms with E-state index in [1.807, 2.05) is 13.0 Å². The molecule has 1 aromatic heterocycles. The molecule has 1 unspecified atom stereocenters. The molecular formula is C6H7NO2S2. The summed E-state index contributed by atoms with van der Waals surface area (Å²) in [6.07, 6.45) is 0.436. The summed E-state index contributed by atoms with van der Waals surface area (Å²) in [7, 11) is -1.36. The zero-order valence-corrected chi connectivity index (χ0v) is 7.50. The molecule has 1 atom stereocenters. The van der Waals surface area contributed by atoms with Crippen molar-refractivity contribution >= 4 is 28.7 Å². The molecule has 0 aliphatic rings. The molecule has 1 aromatic rings. The van der Waals surface area contributed by atoms with Crippen molar-refractivity contribution in [3.05, 3.63) is 17.0 Å². The van der Waals surface area contributed by atoms with E-state index >= 15 is 0 Å². The molecule has 60 valence electrons. The molecule has 0 saturated heterocycles. The molecule has 11 heavy (non-hydrogen) atoms. The van der Waals surface area contributed by atoms with Gasteiger partial charge in [0.2, 0.25) is 6.41 Å². The van der Waals surface area contributed by atoms with Gasteiger partial charge in [-0.3, -0.25) is 9.52 Å². The van der Waals surface area contributed by atoms with E-state index in [9.17, 15) is 9.00 Å². The predicted octanol–water partition coefficient (Wildman–Crippen LogP) is 0.825. The fraction of sp³-hybridized carbons (Fsp3) is 0.167. The fourth-order valence-corrected chi connectivity index (χ4v) is 2.44. The lowest BCUT2D eigenvalue weighted by Crippen LogP contribution is -2.13. The van der Waals surface area contributed by atoms with Gasteiger partial charge in [0.1, 0.15) is 4.21 Å². The molecule has 1 N–H and O–H groups in total. The van der Waals surface area contributed by atoms with E-state index in [0.717, 1.165) is 4.88 Å². The lowest BCUT2D eigenvalue weighted by molar-refractivity contribution is -0.108. The SMILES string of the molecule is Cc1ccc(S(=O)NC=O)s1. The van der Waals surface area contributed by atoms with Gasteiger partial charge in [0.15, 0.2) is 11.0 Å². The first-order valence-corrected chi connectivity index (χ1v) is 4.88. The van der Waals surface area contributed by atoms with Crippen molar-refractivity contribution in [1.82, 2.24) is 4.72 Å². The van der Waals surface area contributed by atoms with Crippen LogP contribution < -0.4 is 4.72 Å². The molecule has 1 amide bonds. The lowest BCUT2D eigenvalue weighted by Gasteiger charge is -1.91. The second kappa shape index (κ2) is 3.64. The van der Waals surface area contributed by atoms with E-state index in [-0.39, 0.29) is 0 Å². The molecular weight excluding hydrogens is 182 g/mol. The van der Waals surface area contributed by atoms with E-state index in [1.54, 1.807) is 6.07 Å². The van der Waals surface area contributed by atoms with Crippen LogP contribution >= 0.6 is 11.3 Å². The zero-order chi connectivity index (χ0) is 8.27. The van der Waals surface area contributed by atoms with Crippen LogP contribution in [0.5, 0.6) is 0 Å². The number of hydrogen-bond acceptors (Lipinski definition) is 3. The van der Waals surface area contributed by atoms with Gasteiger partial charge in [-0.25, -0.2) is 4.21 Å². The van der Waals surface area contributed by atoms with Crippen LogP contribution in [-0.2, 0) is 15.8 Å². The van der Waals surface area contributed by atoms with Gasteiger partial charge in [-0.05, 0) is 19.1 Å². The van der Waals surface area contributed by atoms with Crippen molar-refractivity contribution in [2.45, 2.75) is 11.1 Å². The van der Waals surface area contributed by atoms with Gasteiger partial charge in [0.25, 0.3) is 0 Å². The van der Waals surface area contributed by atoms with E-state index in [0.29, 0.717) is 10.6 Å². The van der Waals surface area contributed by atoms with Gasteiger partial charge in [-0.1, -0.05) is 0 Å². The molecule has 0 radical (unpaired) electrons. The summed E-state index contributed by atoms with van der Waals surface area (Å²) in [5, 5.41) is 0. The second-order valence-electron chi connectivity index (χ2n) is 1.87. The van der Waals surface area contributed by atoms with Crippen LogP contribution in [0.2, 0.25) is 0 Å². The summed E-state index contributed by atoms with van der Waals surface area (Å²) in [4.78, 5) is 11.0. The van der Waals surface area contributed by atoms with Crippen molar-refractivity contribution in [1.29, 1.82) is 0 Å². The number of nitrogens with one attached hydrogen (secondary N) is 1. The van der Waals surface area contributed by atoms with Crippen LogP contribution in [-0.4, -0.2) is 10.6 Å². The second-order valence-corrected chi connectivity index (χ2v) is 4.63. The Bertz CT molecular complexity index is 282. The highest BCUT2D eigenvalue weighted by Gasteiger charge is 2.03. The van der Waals surface area contributed by atoms with Crippen molar-refractivity contribution in [3.8, 4) is 0 Å². The van der Waals surface area contributed by atoms with Gasteiger partial charge in [-0.2, -0.15) is 0 Å². The normalized spacial score (nSPS) is 12.5. The summed E-state index contributed by atoms with van der Waals surface area (Å²) in [5.74, 6) is 0. The summed E-state index contributed by atoms with van der Waals surface area (Å²) in [6, 6.07) is 3.61. The molecule has 0 spiro atoms. The van der Waals surface area contributed by atoms with E-state index in [2.05, 4.69) is 4.72 Å². The zero-order valence-electron chi connectivity index (χ0n) is 5.87. The van der Waals surface area contributed by atoms with Crippen molar-refractivity contribution < 1.29 is 9.00 Å². The molecule has 0 aliphatic heterocycles. The quantitative estimate of drug-likeness (QED) is 0.716. The van der Waals surface area contributed by atoms with Crippen LogP contribution in [0.3, 0.4) is 0 Å². The first kappa shape index (κ1) is 8.42. The van der Waals surface area contributed by atoms with Gasteiger partial charge in [0.05, 0.1) is 0 Å². The first-order chi connectivity index (χ1) is 5.24. The lowest BCUT2D eigenvalue weighted by atomic mass is 10.5. The minimum Gasteiger partial charge on any atom is -0.278 e. The Labute approximate surface area is 71.0 Å². The number of hydrogen-bond donors (Lipinski definition) is 1. The van der Waals surface area contributed by atoms with Crippen molar-refractivity contribution in [2.24, 2.45) is 0 Å². The first-order valence-electron chi connectivity index (χ1n) is 2.92. The molecule has 1 rings (SSSR count). The number of carbonyl (C=O) groups excluding carboxylic acids is 1. The van der Waals surface area contributed by atoms with Gasteiger partial charge >= 0.3 is 0 Å². The third-order valence-corrected chi connectivity index (χ3v) is 3.36. The van der Waals surface area contributed by atoms with Gasteiger partial charge in [0, 0.05) is 4.88 Å². The highest BCUT2D eigenvalue weighted by atomic mass is 32.2. The summed E-state index contributed by atoms with van der Waals surface area (Å²) in [6.45, 7) is 1.92.